The molecule has 47 heavy (non-hydrogen) atoms. The lowest BCUT2D eigenvalue weighted by molar-refractivity contribution is -0.125. The first-order chi connectivity index (χ1) is 22.7. The van der Waals surface area contributed by atoms with Crippen LogP contribution in [-0.2, 0) is 29.6 Å². The maximum atomic E-state index is 14.6. The van der Waals surface area contributed by atoms with Crippen LogP contribution in [0.1, 0.15) is 34.3 Å². The molecule has 4 bridgehead atoms. The quantitative estimate of drug-likeness (QED) is 0.343. The standard InChI is InChI=1S/C33H34FN7O6/c1-40-38-32(37-39-40)22-5-7-23(8-6-22)33(44)41-12-11-27-26(18-41)36-31(43)19-46-29-15-20(3-9-28(29)45-2)4-10-30(42)35-17-21-13-24(34)16-25(14-21)47-27/h3,5-9,13-16,26-27H,4,10-12,17-19H2,1-2H3,(H,35,42)(H,36,43)/t26-,27-/m1/s1. The van der Waals surface area contributed by atoms with E-state index in [4.69, 9.17) is 14.2 Å². The third-order valence-corrected chi connectivity index (χ3v) is 8.02. The maximum Gasteiger partial charge on any atom is 0.258 e. The summed E-state index contributed by atoms with van der Waals surface area (Å²) in [6.07, 6.45) is 0.391. The summed E-state index contributed by atoms with van der Waals surface area (Å²) in [5, 5.41) is 17.8. The topological polar surface area (TPSA) is 150 Å². The molecule has 0 spiro atoms. The number of benzene rings is 3. The third kappa shape index (κ3) is 7.65. The molecule has 3 amide bonds. The Balaban J connectivity index is 1.24. The molecular formula is C33H34FN7O6. The molecule has 0 aliphatic carbocycles. The minimum atomic E-state index is -0.648. The molecule has 1 saturated heterocycles. The van der Waals surface area contributed by atoms with Gasteiger partial charge in [0.2, 0.25) is 11.7 Å². The van der Waals surface area contributed by atoms with Crippen LogP contribution in [0.15, 0.2) is 60.7 Å². The van der Waals surface area contributed by atoms with Gasteiger partial charge in [0, 0.05) is 49.7 Å². The zero-order valence-corrected chi connectivity index (χ0v) is 25.9. The van der Waals surface area contributed by atoms with E-state index < -0.39 is 23.9 Å². The van der Waals surface area contributed by atoms with Crippen LogP contribution in [0.3, 0.4) is 0 Å². The van der Waals surface area contributed by atoms with Crippen molar-refractivity contribution in [2.45, 2.75) is 38.0 Å². The Hall–Kier alpha value is -5.53. The van der Waals surface area contributed by atoms with Gasteiger partial charge in [-0.2, -0.15) is 4.80 Å². The number of carbonyl (C=O) groups excluding carboxylic acids is 3. The molecular weight excluding hydrogens is 609 g/mol. The van der Waals surface area contributed by atoms with Crippen molar-refractivity contribution in [3.05, 3.63) is 83.2 Å². The molecule has 2 N–H and O–H groups in total. The second kappa shape index (κ2) is 13.8. The average Bonchev–Trinajstić information content (AvgIpc) is 3.51. The van der Waals surface area contributed by atoms with Crippen LogP contribution >= 0.6 is 0 Å². The molecule has 0 radical (unpaired) electrons. The lowest BCUT2D eigenvalue weighted by Gasteiger charge is -2.39. The second-order valence-corrected chi connectivity index (χ2v) is 11.4. The van der Waals surface area contributed by atoms with Crippen molar-refractivity contribution in [3.8, 4) is 28.6 Å². The lowest BCUT2D eigenvalue weighted by Crippen LogP contribution is -2.58. The number of aromatic nitrogens is 4. The number of piperidine rings is 1. The number of ether oxygens (including phenoxy) is 3. The highest BCUT2D eigenvalue weighted by Gasteiger charge is 2.35. The number of tetrazole rings is 1. The molecule has 3 aromatic carbocycles. The van der Waals surface area contributed by atoms with Crippen molar-refractivity contribution in [3.63, 3.8) is 0 Å². The molecule has 2 atom stereocenters. The molecule has 2 aliphatic heterocycles. The van der Waals surface area contributed by atoms with Gasteiger partial charge in [-0.1, -0.05) is 18.2 Å². The van der Waals surface area contributed by atoms with Gasteiger partial charge in [-0.3, -0.25) is 14.4 Å². The smallest absolute Gasteiger partial charge is 0.258 e. The molecule has 4 aromatic rings. The van der Waals surface area contributed by atoms with Gasteiger partial charge < -0.3 is 29.7 Å². The highest BCUT2D eigenvalue weighted by Crippen LogP contribution is 2.29. The monoisotopic (exact) mass is 643 g/mol. The minimum absolute atomic E-state index is 0.114. The fraction of sp³-hybridized carbons (Fsp3) is 0.333. The first-order valence-corrected chi connectivity index (χ1v) is 15.2. The van der Waals surface area contributed by atoms with Crippen LogP contribution in [0.4, 0.5) is 4.39 Å². The van der Waals surface area contributed by atoms with E-state index in [1.165, 1.54) is 24.0 Å². The molecule has 14 heteroatoms. The Labute approximate surface area is 270 Å². The van der Waals surface area contributed by atoms with E-state index >= 15 is 0 Å². The van der Waals surface area contributed by atoms with E-state index in [0.717, 1.165) is 5.56 Å². The summed E-state index contributed by atoms with van der Waals surface area (Å²) < 4.78 is 32.2. The summed E-state index contributed by atoms with van der Waals surface area (Å²) >= 11 is 0. The molecule has 244 valence electrons. The molecule has 6 rings (SSSR count). The van der Waals surface area contributed by atoms with E-state index in [1.807, 2.05) is 6.07 Å². The predicted octanol–water partition coefficient (Wildman–Crippen LogP) is 2.44. The predicted molar refractivity (Wildman–Crippen MR) is 166 cm³/mol. The van der Waals surface area contributed by atoms with Crippen molar-refractivity contribution < 1.29 is 33.0 Å². The van der Waals surface area contributed by atoms with Gasteiger partial charge in [-0.05, 0) is 59.2 Å². The summed E-state index contributed by atoms with van der Waals surface area (Å²) in [6, 6.07) is 15.8. The van der Waals surface area contributed by atoms with E-state index in [9.17, 15) is 18.8 Å². The van der Waals surface area contributed by atoms with E-state index in [2.05, 4.69) is 26.0 Å². The number of aryl methyl sites for hydroxylation is 2. The van der Waals surface area contributed by atoms with Gasteiger partial charge >= 0.3 is 0 Å². The summed E-state index contributed by atoms with van der Waals surface area (Å²) in [4.78, 5) is 42.4. The molecule has 0 unspecified atom stereocenters. The van der Waals surface area contributed by atoms with Crippen molar-refractivity contribution in [2.24, 2.45) is 7.05 Å². The number of fused-ring (bicyclic) bond motifs is 5. The Kier molecular flexibility index (Phi) is 9.27. The number of nitrogens with one attached hydrogen (secondary N) is 2. The normalized spacial score (nSPS) is 18.7. The first-order valence-electron chi connectivity index (χ1n) is 15.2. The highest BCUT2D eigenvalue weighted by molar-refractivity contribution is 5.94. The third-order valence-electron chi connectivity index (χ3n) is 8.02. The van der Waals surface area contributed by atoms with Crippen molar-refractivity contribution in [1.29, 1.82) is 0 Å². The molecule has 0 saturated carbocycles. The Morgan fingerprint density at radius 1 is 1.02 bits per heavy atom. The summed E-state index contributed by atoms with van der Waals surface area (Å²) in [5.74, 6) is 0.117. The summed E-state index contributed by atoms with van der Waals surface area (Å²) in [6.45, 7) is 0.254. The Morgan fingerprint density at radius 2 is 1.85 bits per heavy atom. The van der Waals surface area contributed by atoms with Crippen LogP contribution in [0.25, 0.3) is 11.4 Å². The minimum Gasteiger partial charge on any atom is -0.493 e. The van der Waals surface area contributed by atoms with Gasteiger partial charge in [0.1, 0.15) is 17.7 Å². The van der Waals surface area contributed by atoms with Crippen LogP contribution < -0.4 is 24.8 Å². The number of rotatable bonds is 3. The molecule has 13 nitrogen and oxygen atoms in total. The molecule has 1 fully saturated rings. The SMILES string of the molecule is COc1ccc2cc1OCC(=O)N[C@@H]1CN(C(=O)c3ccc(-c4nnn(C)n4)cc3)CC[C@H]1Oc1cc(F)cc(c1)CNC(=O)CC2. The highest BCUT2D eigenvalue weighted by atomic mass is 19.1. The number of methoxy groups -OCH3 is 1. The zero-order valence-electron chi connectivity index (χ0n) is 25.9. The number of halogens is 1. The van der Waals surface area contributed by atoms with Gasteiger partial charge in [-0.15, -0.1) is 10.2 Å². The van der Waals surface area contributed by atoms with E-state index in [0.29, 0.717) is 53.4 Å². The number of likely N-dealkylation sites (tertiary alicyclic amines) is 1. The molecule has 2 aliphatic rings. The zero-order chi connectivity index (χ0) is 32.9. The molecule has 1 aromatic heterocycles. The fourth-order valence-electron chi connectivity index (χ4n) is 5.63. The second-order valence-electron chi connectivity index (χ2n) is 11.4. The number of amides is 3. The summed E-state index contributed by atoms with van der Waals surface area (Å²) in [5.41, 5.74) is 2.52. The van der Waals surface area contributed by atoms with Gasteiger partial charge in [0.25, 0.3) is 11.8 Å². The van der Waals surface area contributed by atoms with Gasteiger partial charge in [0.05, 0.1) is 20.2 Å². The molecule has 3 heterocycles. The maximum absolute atomic E-state index is 14.6. The lowest BCUT2D eigenvalue weighted by atomic mass is 10.00. The van der Waals surface area contributed by atoms with E-state index in [-0.39, 0.29) is 43.7 Å². The van der Waals surface area contributed by atoms with Crippen molar-refractivity contribution >= 4 is 17.7 Å². The number of nitrogens with zero attached hydrogens (tertiary/aromatic N) is 5. The summed E-state index contributed by atoms with van der Waals surface area (Å²) in [7, 11) is 3.17. The Morgan fingerprint density at radius 3 is 2.62 bits per heavy atom. The first kappa shape index (κ1) is 31.5. The van der Waals surface area contributed by atoms with Crippen molar-refractivity contribution in [2.75, 3.05) is 26.8 Å². The number of hydrogen-bond acceptors (Lipinski definition) is 9. The van der Waals surface area contributed by atoms with Crippen LogP contribution in [0, 0.1) is 5.82 Å². The van der Waals surface area contributed by atoms with Crippen LogP contribution in [0.2, 0.25) is 0 Å². The van der Waals surface area contributed by atoms with Gasteiger partial charge in [-0.25, -0.2) is 4.39 Å². The fourth-order valence-corrected chi connectivity index (χ4v) is 5.63. The van der Waals surface area contributed by atoms with Crippen molar-refractivity contribution in [1.82, 2.24) is 35.7 Å². The van der Waals surface area contributed by atoms with Crippen LogP contribution in [-0.4, -0.2) is 81.8 Å². The average molecular weight is 644 g/mol. The largest absolute Gasteiger partial charge is 0.493 e. The van der Waals surface area contributed by atoms with Crippen LogP contribution in [0.5, 0.6) is 17.2 Å². The number of hydrogen-bond donors (Lipinski definition) is 2. The van der Waals surface area contributed by atoms with E-state index in [1.54, 1.807) is 54.4 Å². The Bertz CT molecular complexity index is 1780. The van der Waals surface area contributed by atoms with Gasteiger partial charge in [0.15, 0.2) is 18.1 Å². The number of carbonyl (C=O) groups is 3.